The first-order valence-corrected chi connectivity index (χ1v) is 6.75. The number of hydrogen-bond acceptors (Lipinski definition) is 4. The van der Waals surface area contributed by atoms with Crippen LogP contribution >= 0.6 is 0 Å². The molecule has 2 atom stereocenters. The Hall–Kier alpha value is -1.72. The van der Waals surface area contributed by atoms with Crippen molar-refractivity contribution in [1.82, 2.24) is 5.32 Å². The monoisotopic (exact) mass is 278 g/mol. The predicted octanol–water partition coefficient (Wildman–Crippen LogP) is 1.73. The molecule has 0 aliphatic heterocycles. The minimum atomic E-state index is -0.972. The van der Waals surface area contributed by atoms with Gasteiger partial charge >= 0.3 is 5.97 Å². The van der Waals surface area contributed by atoms with Gasteiger partial charge in [-0.25, -0.2) is 0 Å². The fourth-order valence-corrected chi connectivity index (χ4v) is 2.07. The first-order valence-electron chi connectivity index (χ1n) is 6.75. The van der Waals surface area contributed by atoms with Gasteiger partial charge in [0.25, 0.3) is 0 Å². The van der Waals surface area contributed by atoms with E-state index in [1.165, 1.54) is 0 Å². The van der Waals surface area contributed by atoms with Crippen LogP contribution in [0, 0.1) is 0 Å². The average Bonchev–Trinajstić information content (AvgIpc) is 2.42. The molecule has 0 amide bonds. The fraction of sp³-hybridized carbons (Fsp3) is 0.467. The summed E-state index contributed by atoms with van der Waals surface area (Å²) in [5, 5.41) is 12.0. The molecule has 1 aromatic rings. The van der Waals surface area contributed by atoms with Crippen molar-refractivity contribution in [2.45, 2.75) is 38.8 Å². The van der Waals surface area contributed by atoms with Gasteiger partial charge in [-0.05, 0) is 38.8 Å². The number of Topliss-reactive ketones (excluding diaryl/α,β-unsaturated/α-hetero) is 1. The van der Waals surface area contributed by atoms with Crippen LogP contribution in [0.4, 0.5) is 0 Å². The average molecular weight is 278 g/mol. The van der Waals surface area contributed by atoms with Gasteiger partial charge in [0.2, 0.25) is 0 Å². The number of benzene rings is 1. The van der Waals surface area contributed by atoms with Gasteiger partial charge in [-0.15, -0.1) is 0 Å². The maximum Gasteiger partial charge on any atom is 0.320 e. The van der Waals surface area contributed by atoms with Crippen molar-refractivity contribution in [2.24, 2.45) is 5.73 Å². The Morgan fingerprint density at radius 1 is 1.35 bits per heavy atom. The Kier molecular flexibility index (Phi) is 6.35. The standard InChI is InChI=1S/C15H22N2O3/c1-10(17-9-5-8-14(16)15(19)20)12-6-3-4-7-13(12)11(2)18/h3-4,6-7,10,14,17H,5,8-9,16H2,1-2H3,(H,19,20). The summed E-state index contributed by atoms with van der Waals surface area (Å²) in [6.45, 7) is 4.20. The van der Waals surface area contributed by atoms with Crippen LogP contribution in [0.2, 0.25) is 0 Å². The third kappa shape index (κ3) is 4.75. The molecule has 110 valence electrons. The topological polar surface area (TPSA) is 92.4 Å². The van der Waals surface area contributed by atoms with Crippen molar-refractivity contribution in [1.29, 1.82) is 0 Å². The van der Waals surface area contributed by atoms with Crippen LogP contribution in [-0.4, -0.2) is 29.4 Å². The third-order valence-electron chi connectivity index (χ3n) is 3.27. The lowest BCUT2D eigenvalue weighted by atomic mass is 9.99. The molecular formula is C15H22N2O3. The van der Waals surface area contributed by atoms with E-state index in [4.69, 9.17) is 10.8 Å². The maximum absolute atomic E-state index is 11.6. The molecule has 0 aliphatic rings. The number of carbonyl (C=O) groups excluding carboxylic acids is 1. The van der Waals surface area contributed by atoms with Gasteiger partial charge in [-0.2, -0.15) is 0 Å². The van der Waals surface area contributed by atoms with Crippen LogP contribution in [-0.2, 0) is 4.79 Å². The molecule has 1 aromatic carbocycles. The predicted molar refractivity (Wildman–Crippen MR) is 77.7 cm³/mol. The highest BCUT2D eigenvalue weighted by molar-refractivity contribution is 5.95. The number of carboxylic acid groups (broad SMARTS) is 1. The van der Waals surface area contributed by atoms with Crippen molar-refractivity contribution in [3.8, 4) is 0 Å². The smallest absolute Gasteiger partial charge is 0.320 e. The zero-order valence-electron chi connectivity index (χ0n) is 11.9. The van der Waals surface area contributed by atoms with Gasteiger partial charge in [0.05, 0.1) is 0 Å². The summed E-state index contributed by atoms with van der Waals surface area (Å²) in [7, 11) is 0. The quantitative estimate of drug-likeness (QED) is 0.497. The van der Waals surface area contributed by atoms with E-state index in [0.717, 1.165) is 11.1 Å². The van der Waals surface area contributed by atoms with Crippen molar-refractivity contribution < 1.29 is 14.7 Å². The molecular weight excluding hydrogens is 256 g/mol. The number of rotatable bonds is 8. The Labute approximate surface area is 119 Å². The lowest BCUT2D eigenvalue weighted by Crippen LogP contribution is -2.31. The van der Waals surface area contributed by atoms with E-state index < -0.39 is 12.0 Å². The number of hydrogen-bond donors (Lipinski definition) is 3. The lowest BCUT2D eigenvalue weighted by molar-refractivity contribution is -0.138. The van der Waals surface area contributed by atoms with Gasteiger partial charge in [-0.1, -0.05) is 24.3 Å². The number of carboxylic acids is 1. The number of nitrogens with two attached hydrogens (primary N) is 1. The second-order valence-corrected chi connectivity index (χ2v) is 4.91. The van der Waals surface area contributed by atoms with Gasteiger partial charge in [0, 0.05) is 11.6 Å². The summed E-state index contributed by atoms with van der Waals surface area (Å²) < 4.78 is 0. The maximum atomic E-state index is 11.6. The van der Waals surface area contributed by atoms with E-state index in [0.29, 0.717) is 19.4 Å². The zero-order chi connectivity index (χ0) is 15.1. The molecule has 0 saturated heterocycles. The number of ketones is 1. The van der Waals surface area contributed by atoms with Crippen LogP contribution in [0.1, 0.15) is 48.7 Å². The van der Waals surface area contributed by atoms with Crippen LogP contribution < -0.4 is 11.1 Å². The third-order valence-corrected chi connectivity index (χ3v) is 3.27. The second kappa shape index (κ2) is 7.77. The lowest BCUT2D eigenvalue weighted by Gasteiger charge is -2.17. The minimum absolute atomic E-state index is 0.0381. The molecule has 0 aliphatic carbocycles. The summed E-state index contributed by atoms with van der Waals surface area (Å²) in [5.41, 5.74) is 7.11. The molecule has 4 N–H and O–H groups in total. The van der Waals surface area contributed by atoms with Gasteiger partial charge in [-0.3, -0.25) is 9.59 Å². The van der Waals surface area contributed by atoms with Crippen molar-refractivity contribution in [3.63, 3.8) is 0 Å². The van der Waals surface area contributed by atoms with Crippen LogP contribution in [0.15, 0.2) is 24.3 Å². The number of carbonyl (C=O) groups is 2. The molecule has 0 aromatic heterocycles. The Morgan fingerprint density at radius 3 is 2.60 bits per heavy atom. The SMILES string of the molecule is CC(=O)c1ccccc1C(C)NCCCC(N)C(=O)O. The fourth-order valence-electron chi connectivity index (χ4n) is 2.07. The van der Waals surface area contributed by atoms with Gasteiger partial charge < -0.3 is 16.2 Å². The second-order valence-electron chi connectivity index (χ2n) is 4.91. The highest BCUT2D eigenvalue weighted by Gasteiger charge is 2.13. The molecule has 0 spiro atoms. The molecule has 0 bridgehead atoms. The van der Waals surface area contributed by atoms with E-state index in [1.54, 1.807) is 6.92 Å². The van der Waals surface area contributed by atoms with Crippen molar-refractivity contribution in [2.75, 3.05) is 6.54 Å². The molecule has 0 saturated carbocycles. The van der Waals surface area contributed by atoms with Gasteiger partial charge in [0.1, 0.15) is 6.04 Å². The number of aliphatic carboxylic acids is 1. The van der Waals surface area contributed by atoms with E-state index in [9.17, 15) is 9.59 Å². The molecule has 5 nitrogen and oxygen atoms in total. The summed E-state index contributed by atoms with van der Waals surface area (Å²) in [6.07, 6.45) is 1.11. The summed E-state index contributed by atoms with van der Waals surface area (Å²) in [4.78, 5) is 22.1. The first-order chi connectivity index (χ1) is 9.43. The van der Waals surface area contributed by atoms with Crippen LogP contribution in [0.5, 0.6) is 0 Å². The van der Waals surface area contributed by atoms with E-state index in [2.05, 4.69) is 5.32 Å². The molecule has 0 fully saturated rings. The number of nitrogens with one attached hydrogen (secondary N) is 1. The molecule has 0 heterocycles. The van der Waals surface area contributed by atoms with Crippen LogP contribution in [0.25, 0.3) is 0 Å². The van der Waals surface area contributed by atoms with E-state index >= 15 is 0 Å². The van der Waals surface area contributed by atoms with E-state index in [-0.39, 0.29) is 11.8 Å². The van der Waals surface area contributed by atoms with Gasteiger partial charge in [0.15, 0.2) is 5.78 Å². The molecule has 1 rings (SSSR count). The molecule has 5 heteroatoms. The summed E-state index contributed by atoms with van der Waals surface area (Å²) >= 11 is 0. The molecule has 20 heavy (non-hydrogen) atoms. The largest absolute Gasteiger partial charge is 0.480 e. The zero-order valence-corrected chi connectivity index (χ0v) is 11.9. The summed E-state index contributed by atoms with van der Waals surface area (Å²) in [5.74, 6) is -0.929. The Bertz CT molecular complexity index is 474. The highest BCUT2D eigenvalue weighted by atomic mass is 16.4. The minimum Gasteiger partial charge on any atom is -0.480 e. The van der Waals surface area contributed by atoms with Crippen molar-refractivity contribution >= 4 is 11.8 Å². The van der Waals surface area contributed by atoms with E-state index in [1.807, 2.05) is 31.2 Å². The Balaban J connectivity index is 2.49. The van der Waals surface area contributed by atoms with Crippen LogP contribution in [0.3, 0.4) is 0 Å². The Morgan fingerprint density at radius 2 is 2.00 bits per heavy atom. The molecule has 2 unspecified atom stereocenters. The normalized spacial score (nSPS) is 13.8. The first kappa shape index (κ1) is 16.3. The summed E-state index contributed by atoms with van der Waals surface area (Å²) in [6, 6.07) is 6.72. The molecule has 0 radical (unpaired) electrons. The highest BCUT2D eigenvalue weighted by Crippen LogP contribution is 2.18. The van der Waals surface area contributed by atoms with Crippen molar-refractivity contribution in [3.05, 3.63) is 35.4 Å².